The van der Waals surface area contributed by atoms with Gasteiger partial charge in [0.2, 0.25) is 0 Å². The van der Waals surface area contributed by atoms with E-state index in [-0.39, 0.29) is 0 Å². The first-order chi connectivity index (χ1) is 7.59. The molecule has 0 bridgehead atoms. The number of para-hydroxylation sites is 1. The zero-order valence-corrected chi connectivity index (χ0v) is 8.38. The maximum Gasteiger partial charge on any atom is 0.314 e. The fourth-order valence-corrected chi connectivity index (χ4v) is 1.12. The van der Waals surface area contributed by atoms with E-state index in [4.69, 9.17) is 10.2 Å². The summed E-state index contributed by atoms with van der Waals surface area (Å²) in [7, 11) is 0. The molecule has 2 rings (SSSR count). The number of aliphatic carboxylic acids is 2. The fourth-order valence-electron chi connectivity index (χ4n) is 1.12. The van der Waals surface area contributed by atoms with Gasteiger partial charge in [0, 0.05) is 11.7 Å². The third-order valence-corrected chi connectivity index (χ3v) is 1.76. The number of fused-ring (bicyclic) bond motifs is 1. The molecule has 3 N–H and O–H groups in total. The Morgan fingerprint density at radius 2 is 1.69 bits per heavy atom. The fraction of sp³-hybridized carbons (Fsp3) is 0.0909. The smallest absolute Gasteiger partial charge is 0.314 e. The van der Waals surface area contributed by atoms with Gasteiger partial charge in [-0.1, -0.05) is 18.2 Å². The van der Waals surface area contributed by atoms with Crippen LogP contribution < -0.4 is 0 Å². The van der Waals surface area contributed by atoms with Crippen LogP contribution >= 0.6 is 0 Å². The molecule has 0 unspecified atom stereocenters. The molecule has 5 heteroatoms. The van der Waals surface area contributed by atoms with E-state index in [2.05, 4.69) is 23.2 Å². The Hall–Kier alpha value is -2.30. The number of H-pyrrole nitrogens is 1. The highest BCUT2D eigenvalue weighted by molar-refractivity contribution is 5.88. The van der Waals surface area contributed by atoms with Gasteiger partial charge in [0.05, 0.1) is 0 Å². The summed E-state index contributed by atoms with van der Waals surface area (Å²) in [5.41, 5.74) is 1.21. The van der Waals surface area contributed by atoms with Crippen molar-refractivity contribution in [3.63, 3.8) is 0 Å². The van der Waals surface area contributed by atoms with E-state index in [1.807, 2.05) is 18.3 Å². The minimum absolute atomic E-state index is 0.806. The van der Waals surface area contributed by atoms with Crippen molar-refractivity contribution < 1.29 is 19.8 Å². The maximum absolute atomic E-state index is 9.43. The van der Waals surface area contributed by atoms with Crippen molar-refractivity contribution in [2.24, 2.45) is 0 Å². The molecule has 0 aliphatic carbocycles. The van der Waals surface area contributed by atoms with E-state index >= 15 is 0 Å². The van der Waals surface area contributed by atoms with Crippen molar-refractivity contribution in [3.05, 3.63) is 36.5 Å². The molecular formula is C11H11NO4. The highest BCUT2D eigenvalue weighted by Crippen LogP contribution is 2.09. The van der Waals surface area contributed by atoms with E-state index in [1.54, 1.807) is 0 Å². The highest BCUT2D eigenvalue weighted by Gasteiger charge is 2.01. The molecule has 0 saturated heterocycles. The molecule has 0 aliphatic heterocycles. The van der Waals surface area contributed by atoms with Crippen LogP contribution in [0.3, 0.4) is 0 Å². The zero-order chi connectivity index (χ0) is 12.0. The highest BCUT2D eigenvalue weighted by atomic mass is 16.4. The van der Waals surface area contributed by atoms with Crippen molar-refractivity contribution in [1.82, 2.24) is 4.98 Å². The molecule has 1 aromatic heterocycles. The monoisotopic (exact) mass is 221 g/mol. The Labute approximate surface area is 91.3 Å². The van der Waals surface area contributed by atoms with Crippen LogP contribution in [0.4, 0.5) is 0 Å². The number of carboxylic acid groups (broad SMARTS) is 2. The first kappa shape index (κ1) is 11.8. The standard InChI is InChI=1S/C8H7N.C3H4O4/c1-2-4-8-7(3-1)5-6-9-8;4-2(5)1-3(6)7/h1-6,9H;1H2,(H,4,5)(H,6,7). The second-order valence-corrected chi connectivity index (χ2v) is 3.03. The largest absolute Gasteiger partial charge is 0.481 e. The van der Waals surface area contributed by atoms with Gasteiger partial charge >= 0.3 is 11.9 Å². The summed E-state index contributed by atoms with van der Waals surface area (Å²) in [6, 6.07) is 10.3. The lowest BCUT2D eigenvalue weighted by molar-refractivity contribution is -0.147. The van der Waals surface area contributed by atoms with Crippen LogP contribution in [-0.2, 0) is 9.59 Å². The summed E-state index contributed by atoms with van der Waals surface area (Å²) < 4.78 is 0. The summed E-state index contributed by atoms with van der Waals surface area (Å²) in [5.74, 6) is -2.62. The molecule has 0 amide bonds. The molecule has 1 heterocycles. The molecule has 0 saturated carbocycles. The number of aromatic nitrogens is 1. The second kappa shape index (κ2) is 5.55. The van der Waals surface area contributed by atoms with Gasteiger partial charge in [-0.2, -0.15) is 0 Å². The molecule has 5 nitrogen and oxygen atoms in total. The van der Waals surface area contributed by atoms with Gasteiger partial charge in [-0.3, -0.25) is 9.59 Å². The van der Waals surface area contributed by atoms with Crippen molar-refractivity contribution in [3.8, 4) is 0 Å². The van der Waals surface area contributed by atoms with Gasteiger partial charge in [0.15, 0.2) is 0 Å². The molecule has 16 heavy (non-hydrogen) atoms. The predicted molar refractivity (Wildman–Crippen MR) is 58.2 cm³/mol. The molecule has 0 spiro atoms. The van der Waals surface area contributed by atoms with Gasteiger partial charge in [-0.25, -0.2) is 0 Å². The van der Waals surface area contributed by atoms with E-state index < -0.39 is 18.4 Å². The third-order valence-electron chi connectivity index (χ3n) is 1.76. The van der Waals surface area contributed by atoms with Crippen LogP contribution in [0, 0.1) is 0 Å². The lowest BCUT2D eigenvalue weighted by Crippen LogP contribution is -2.03. The molecule has 0 aliphatic rings. The van der Waals surface area contributed by atoms with Crippen LogP contribution in [0.5, 0.6) is 0 Å². The van der Waals surface area contributed by atoms with Crippen LogP contribution in [0.25, 0.3) is 10.9 Å². The number of rotatable bonds is 2. The van der Waals surface area contributed by atoms with E-state index in [0.29, 0.717) is 0 Å². The van der Waals surface area contributed by atoms with Crippen LogP contribution in [0.2, 0.25) is 0 Å². The number of nitrogens with one attached hydrogen (secondary N) is 1. The SMILES string of the molecule is O=C(O)CC(=O)O.c1ccc2[nH]ccc2c1. The van der Waals surface area contributed by atoms with Gasteiger partial charge in [-0.15, -0.1) is 0 Å². The Bertz CT molecular complexity index is 447. The minimum Gasteiger partial charge on any atom is -0.481 e. The van der Waals surface area contributed by atoms with Crippen molar-refractivity contribution in [2.75, 3.05) is 0 Å². The van der Waals surface area contributed by atoms with Gasteiger partial charge in [-0.05, 0) is 17.5 Å². The Morgan fingerprint density at radius 3 is 2.19 bits per heavy atom. The number of hydrogen-bond acceptors (Lipinski definition) is 2. The summed E-state index contributed by atoms with van der Waals surface area (Å²) in [6.45, 7) is 0. The summed E-state index contributed by atoms with van der Waals surface area (Å²) in [6.07, 6.45) is 1.14. The summed E-state index contributed by atoms with van der Waals surface area (Å²) in [5, 5.41) is 16.7. The topological polar surface area (TPSA) is 90.4 Å². The van der Waals surface area contributed by atoms with Crippen molar-refractivity contribution >= 4 is 22.8 Å². The molecule has 1 aromatic carbocycles. The lowest BCUT2D eigenvalue weighted by Gasteiger charge is -1.83. The molecule has 84 valence electrons. The number of benzene rings is 1. The van der Waals surface area contributed by atoms with Crippen LogP contribution in [0.15, 0.2) is 36.5 Å². The van der Waals surface area contributed by atoms with Crippen LogP contribution in [-0.4, -0.2) is 27.1 Å². The zero-order valence-electron chi connectivity index (χ0n) is 8.38. The second-order valence-electron chi connectivity index (χ2n) is 3.03. The molecule has 2 aromatic rings. The predicted octanol–water partition coefficient (Wildman–Crippen LogP) is 1.71. The summed E-state index contributed by atoms with van der Waals surface area (Å²) >= 11 is 0. The number of aromatic amines is 1. The van der Waals surface area contributed by atoms with Gasteiger partial charge in [0.25, 0.3) is 0 Å². The van der Waals surface area contributed by atoms with Crippen LogP contribution in [0.1, 0.15) is 6.42 Å². The van der Waals surface area contributed by atoms with Gasteiger partial charge in [0.1, 0.15) is 6.42 Å². The first-order valence-corrected chi connectivity index (χ1v) is 4.55. The summed E-state index contributed by atoms with van der Waals surface area (Å²) in [4.78, 5) is 22.0. The van der Waals surface area contributed by atoms with Crippen molar-refractivity contribution in [1.29, 1.82) is 0 Å². The average Bonchev–Trinajstić information content (AvgIpc) is 2.63. The third kappa shape index (κ3) is 3.83. The maximum atomic E-state index is 9.43. The Morgan fingerprint density at radius 1 is 1.06 bits per heavy atom. The minimum atomic E-state index is -1.31. The normalized spacial score (nSPS) is 9.25. The lowest BCUT2D eigenvalue weighted by atomic mass is 10.3. The quantitative estimate of drug-likeness (QED) is 0.673. The molecule has 0 radical (unpaired) electrons. The average molecular weight is 221 g/mol. The number of carboxylic acids is 2. The number of carbonyl (C=O) groups is 2. The molecule has 0 atom stereocenters. The van der Waals surface area contributed by atoms with E-state index in [9.17, 15) is 9.59 Å². The molecule has 0 fully saturated rings. The first-order valence-electron chi connectivity index (χ1n) is 4.55. The Balaban J connectivity index is 0.000000168. The number of hydrogen-bond donors (Lipinski definition) is 3. The van der Waals surface area contributed by atoms with E-state index in [0.717, 1.165) is 0 Å². The van der Waals surface area contributed by atoms with Gasteiger partial charge < -0.3 is 15.2 Å². The molecular weight excluding hydrogens is 210 g/mol. The van der Waals surface area contributed by atoms with Crippen molar-refractivity contribution in [2.45, 2.75) is 6.42 Å². The van der Waals surface area contributed by atoms with E-state index in [1.165, 1.54) is 10.9 Å². The Kier molecular flexibility index (Phi) is 4.08.